The van der Waals surface area contributed by atoms with Crippen LogP contribution in [0.2, 0.25) is 0 Å². The predicted molar refractivity (Wildman–Crippen MR) is 78.0 cm³/mol. The number of fused-ring (bicyclic) bond motifs is 1. The highest BCUT2D eigenvalue weighted by molar-refractivity contribution is 6.00. The van der Waals surface area contributed by atoms with Crippen LogP contribution in [0.25, 0.3) is 0 Å². The SMILES string of the molecule is CCC(C)(NC(=O)c1ccc2c(c1)CCC2)/C(N)=N/O. The van der Waals surface area contributed by atoms with Gasteiger partial charge in [0.1, 0.15) is 0 Å². The number of carbonyl (C=O) groups is 1. The Morgan fingerprint density at radius 3 is 2.80 bits per heavy atom. The van der Waals surface area contributed by atoms with Crippen molar-refractivity contribution in [3.8, 4) is 0 Å². The number of amidine groups is 1. The van der Waals surface area contributed by atoms with Crippen LogP contribution >= 0.6 is 0 Å². The molecule has 0 aromatic heterocycles. The molecule has 1 aromatic rings. The van der Waals surface area contributed by atoms with Crippen LogP contribution in [0.15, 0.2) is 23.4 Å². The Bertz CT molecular complexity index is 554. The van der Waals surface area contributed by atoms with E-state index in [9.17, 15) is 4.79 Å². The van der Waals surface area contributed by atoms with Gasteiger partial charge in [0.25, 0.3) is 5.91 Å². The van der Waals surface area contributed by atoms with Gasteiger partial charge in [-0.2, -0.15) is 0 Å². The van der Waals surface area contributed by atoms with Crippen molar-refractivity contribution in [1.82, 2.24) is 5.32 Å². The van der Waals surface area contributed by atoms with Gasteiger partial charge in [-0.15, -0.1) is 0 Å². The Morgan fingerprint density at radius 2 is 2.15 bits per heavy atom. The molecule has 1 amide bonds. The molecule has 0 aliphatic heterocycles. The van der Waals surface area contributed by atoms with Gasteiger partial charge >= 0.3 is 0 Å². The minimum absolute atomic E-state index is 0.00881. The van der Waals surface area contributed by atoms with E-state index in [1.807, 2.05) is 25.1 Å². The summed E-state index contributed by atoms with van der Waals surface area (Å²) in [5.41, 5.74) is 8.02. The molecule has 1 unspecified atom stereocenters. The summed E-state index contributed by atoms with van der Waals surface area (Å²) in [6.07, 6.45) is 3.81. The number of rotatable bonds is 4. The van der Waals surface area contributed by atoms with Crippen LogP contribution in [-0.2, 0) is 12.8 Å². The Balaban J connectivity index is 2.19. The molecule has 5 heteroatoms. The lowest BCUT2D eigenvalue weighted by atomic mass is 9.96. The number of hydrogen-bond acceptors (Lipinski definition) is 3. The summed E-state index contributed by atoms with van der Waals surface area (Å²) in [6, 6.07) is 5.80. The third-order valence-corrected chi connectivity index (χ3v) is 4.13. The number of carbonyl (C=O) groups excluding carboxylic acids is 1. The van der Waals surface area contributed by atoms with Crippen molar-refractivity contribution in [3.63, 3.8) is 0 Å². The molecule has 0 saturated carbocycles. The number of nitrogens with zero attached hydrogens (tertiary/aromatic N) is 1. The quantitative estimate of drug-likeness (QED) is 0.339. The predicted octanol–water partition coefficient (Wildman–Crippen LogP) is 1.82. The Kier molecular flexibility index (Phi) is 3.97. The second-order valence-electron chi connectivity index (χ2n) is 5.46. The maximum atomic E-state index is 12.3. The average molecular weight is 275 g/mol. The van der Waals surface area contributed by atoms with Crippen LogP contribution in [-0.4, -0.2) is 22.5 Å². The van der Waals surface area contributed by atoms with Crippen molar-refractivity contribution in [1.29, 1.82) is 0 Å². The number of hydrogen-bond donors (Lipinski definition) is 3. The molecule has 0 saturated heterocycles. The zero-order valence-electron chi connectivity index (χ0n) is 11.9. The number of aryl methyl sites for hydroxylation is 2. The number of amides is 1. The van der Waals surface area contributed by atoms with Crippen LogP contribution < -0.4 is 11.1 Å². The lowest BCUT2D eigenvalue weighted by Gasteiger charge is -2.28. The molecule has 1 atom stereocenters. The summed E-state index contributed by atoms with van der Waals surface area (Å²) in [5, 5.41) is 14.7. The minimum atomic E-state index is -0.842. The fourth-order valence-electron chi connectivity index (χ4n) is 2.48. The molecule has 4 N–H and O–H groups in total. The van der Waals surface area contributed by atoms with Crippen molar-refractivity contribution in [2.45, 2.75) is 45.1 Å². The summed E-state index contributed by atoms with van der Waals surface area (Å²) in [6.45, 7) is 3.62. The summed E-state index contributed by atoms with van der Waals surface area (Å²) >= 11 is 0. The Labute approximate surface area is 118 Å². The molecule has 2 rings (SSSR count). The first-order valence-electron chi connectivity index (χ1n) is 6.92. The highest BCUT2D eigenvalue weighted by Crippen LogP contribution is 2.23. The molecule has 1 aliphatic rings. The van der Waals surface area contributed by atoms with Crippen molar-refractivity contribution >= 4 is 11.7 Å². The normalized spacial score (nSPS) is 17.4. The molecule has 0 radical (unpaired) electrons. The summed E-state index contributed by atoms with van der Waals surface area (Å²) in [7, 11) is 0. The monoisotopic (exact) mass is 275 g/mol. The summed E-state index contributed by atoms with van der Waals surface area (Å²) in [5.74, 6) is -0.190. The molecule has 1 aliphatic carbocycles. The molecular formula is C15H21N3O2. The van der Waals surface area contributed by atoms with E-state index in [-0.39, 0.29) is 11.7 Å². The Morgan fingerprint density at radius 1 is 1.45 bits per heavy atom. The first-order valence-corrected chi connectivity index (χ1v) is 6.92. The van der Waals surface area contributed by atoms with Gasteiger partial charge in [-0.3, -0.25) is 4.79 Å². The maximum Gasteiger partial charge on any atom is 0.252 e. The third-order valence-electron chi connectivity index (χ3n) is 4.13. The van der Waals surface area contributed by atoms with Gasteiger partial charge in [0, 0.05) is 5.56 Å². The molecule has 0 bridgehead atoms. The topological polar surface area (TPSA) is 87.7 Å². The zero-order valence-corrected chi connectivity index (χ0v) is 11.9. The standard InChI is InChI=1S/C15H21N3O2/c1-3-15(2,14(16)18-20)17-13(19)12-8-7-10-5-4-6-11(10)9-12/h7-9,20H,3-6H2,1-2H3,(H2,16,18)(H,17,19). The van der Waals surface area contributed by atoms with E-state index in [1.165, 1.54) is 11.1 Å². The van der Waals surface area contributed by atoms with Gasteiger partial charge in [0.05, 0.1) is 5.54 Å². The van der Waals surface area contributed by atoms with E-state index >= 15 is 0 Å². The van der Waals surface area contributed by atoms with Crippen LogP contribution in [0.4, 0.5) is 0 Å². The van der Waals surface area contributed by atoms with Gasteiger partial charge in [0.15, 0.2) is 5.84 Å². The second kappa shape index (κ2) is 5.53. The van der Waals surface area contributed by atoms with Crippen molar-refractivity contribution in [2.75, 3.05) is 0 Å². The van der Waals surface area contributed by atoms with Gasteiger partial charge in [-0.25, -0.2) is 0 Å². The molecule has 0 heterocycles. The molecule has 0 fully saturated rings. The summed E-state index contributed by atoms with van der Waals surface area (Å²) < 4.78 is 0. The minimum Gasteiger partial charge on any atom is -0.409 e. The third kappa shape index (κ3) is 2.61. The molecular weight excluding hydrogens is 254 g/mol. The van der Waals surface area contributed by atoms with E-state index in [0.29, 0.717) is 12.0 Å². The lowest BCUT2D eigenvalue weighted by Crippen LogP contribution is -2.55. The largest absolute Gasteiger partial charge is 0.409 e. The van der Waals surface area contributed by atoms with E-state index in [2.05, 4.69) is 10.5 Å². The molecule has 108 valence electrons. The van der Waals surface area contributed by atoms with Crippen LogP contribution in [0, 0.1) is 0 Å². The number of benzene rings is 1. The van der Waals surface area contributed by atoms with E-state index in [4.69, 9.17) is 10.9 Å². The highest BCUT2D eigenvalue weighted by atomic mass is 16.4. The zero-order chi connectivity index (χ0) is 14.8. The highest BCUT2D eigenvalue weighted by Gasteiger charge is 2.30. The molecule has 1 aromatic carbocycles. The van der Waals surface area contributed by atoms with Crippen LogP contribution in [0.1, 0.15) is 48.2 Å². The van der Waals surface area contributed by atoms with Crippen molar-refractivity contribution in [3.05, 3.63) is 34.9 Å². The summed E-state index contributed by atoms with van der Waals surface area (Å²) in [4.78, 5) is 12.3. The number of nitrogens with one attached hydrogen (secondary N) is 1. The first-order chi connectivity index (χ1) is 9.50. The fourth-order valence-corrected chi connectivity index (χ4v) is 2.48. The number of oxime groups is 1. The first kappa shape index (κ1) is 14.4. The lowest BCUT2D eigenvalue weighted by molar-refractivity contribution is 0.0925. The van der Waals surface area contributed by atoms with Gasteiger partial charge in [-0.05, 0) is 55.9 Å². The van der Waals surface area contributed by atoms with E-state index < -0.39 is 5.54 Å². The van der Waals surface area contributed by atoms with E-state index in [1.54, 1.807) is 6.92 Å². The molecule has 20 heavy (non-hydrogen) atoms. The molecule has 0 spiro atoms. The maximum absolute atomic E-state index is 12.3. The average Bonchev–Trinajstić information content (AvgIpc) is 2.93. The van der Waals surface area contributed by atoms with Crippen molar-refractivity contribution in [2.24, 2.45) is 10.9 Å². The van der Waals surface area contributed by atoms with Gasteiger partial charge < -0.3 is 16.3 Å². The fraction of sp³-hybridized carbons (Fsp3) is 0.467. The van der Waals surface area contributed by atoms with Gasteiger partial charge in [-0.1, -0.05) is 18.1 Å². The Hall–Kier alpha value is -2.04. The van der Waals surface area contributed by atoms with Crippen LogP contribution in [0.3, 0.4) is 0 Å². The number of nitrogens with two attached hydrogens (primary N) is 1. The van der Waals surface area contributed by atoms with E-state index in [0.717, 1.165) is 19.3 Å². The second-order valence-corrected chi connectivity index (χ2v) is 5.46. The molecule has 5 nitrogen and oxygen atoms in total. The van der Waals surface area contributed by atoms with Crippen molar-refractivity contribution < 1.29 is 10.0 Å². The van der Waals surface area contributed by atoms with Crippen LogP contribution in [0.5, 0.6) is 0 Å². The smallest absolute Gasteiger partial charge is 0.252 e. The van der Waals surface area contributed by atoms with Gasteiger partial charge in [0.2, 0.25) is 0 Å².